The normalized spacial score (nSPS) is 9.45. The molecular weight excluding hydrogens is 172 g/mol. The molecule has 0 fully saturated rings. The van der Waals surface area contributed by atoms with Gasteiger partial charge in [0.1, 0.15) is 0 Å². The molecule has 0 aliphatic rings. The van der Waals surface area contributed by atoms with Crippen molar-refractivity contribution in [2.24, 2.45) is 0 Å². The van der Waals surface area contributed by atoms with Crippen molar-refractivity contribution in [3.05, 3.63) is 10.6 Å². The zero-order valence-corrected chi connectivity index (χ0v) is 5.83. The Morgan fingerprint density at radius 3 is 2.27 bits per heavy atom. The summed E-state index contributed by atoms with van der Waals surface area (Å²) >= 11 is 0.544. The van der Waals surface area contributed by atoms with E-state index in [9.17, 15) is 9.59 Å². The van der Waals surface area contributed by atoms with Crippen LogP contribution < -0.4 is 0 Å². The molecule has 0 aliphatic heterocycles. The number of carboxylic acids is 2. The van der Waals surface area contributed by atoms with Gasteiger partial charge in [-0.25, -0.2) is 9.59 Å². The highest BCUT2D eigenvalue weighted by molar-refractivity contribution is 7.08. The predicted octanol–water partition coefficient (Wildman–Crippen LogP) is -0.0655. The Kier molecular flexibility index (Phi) is 1.81. The minimum Gasteiger partial charge on any atom is -0.477 e. The third-order valence-electron chi connectivity index (χ3n) is 0.885. The van der Waals surface area contributed by atoms with Crippen LogP contribution >= 0.6 is 11.5 Å². The summed E-state index contributed by atoms with van der Waals surface area (Å²) in [6.45, 7) is 0. The molecule has 58 valence electrons. The molecule has 0 atom stereocenters. The minimum absolute atomic E-state index is 0.350. The molecule has 1 aromatic heterocycles. The topological polar surface area (TPSA) is 100 Å². The van der Waals surface area contributed by atoms with Crippen molar-refractivity contribution >= 4 is 23.5 Å². The number of hydrogen-bond donors (Lipinski definition) is 2. The van der Waals surface area contributed by atoms with E-state index in [0.29, 0.717) is 11.5 Å². The fourth-order valence-electron chi connectivity index (χ4n) is 0.471. The lowest BCUT2D eigenvalue weighted by molar-refractivity contribution is 0.0651. The number of aromatic nitrogens is 2. The van der Waals surface area contributed by atoms with E-state index in [4.69, 9.17) is 10.2 Å². The van der Waals surface area contributed by atoms with Crippen LogP contribution in [0.4, 0.5) is 0 Å². The van der Waals surface area contributed by atoms with Gasteiger partial charge in [0.2, 0.25) is 0 Å². The second-order valence-electron chi connectivity index (χ2n) is 1.56. The lowest BCUT2D eigenvalue weighted by Gasteiger charge is -1.86. The van der Waals surface area contributed by atoms with Crippen molar-refractivity contribution in [3.8, 4) is 0 Å². The van der Waals surface area contributed by atoms with E-state index in [0.717, 1.165) is 0 Å². The largest absolute Gasteiger partial charge is 0.477 e. The summed E-state index contributed by atoms with van der Waals surface area (Å²) in [6.07, 6.45) is 0. The molecule has 0 aromatic carbocycles. The molecule has 0 bridgehead atoms. The van der Waals surface area contributed by atoms with Gasteiger partial charge < -0.3 is 10.2 Å². The van der Waals surface area contributed by atoms with E-state index in [1.165, 1.54) is 0 Å². The van der Waals surface area contributed by atoms with Crippen molar-refractivity contribution in [3.63, 3.8) is 0 Å². The minimum atomic E-state index is -1.38. The molecular formula is C4H2N2O4S. The van der Waals surface area contributed by atoms with Gasteiger partial charge in [-0.1, -0.05) is 4.49 Å². The Bertz CT molecular complexity index is 278. The van der Waals surface area contributed by atoms with E-state index in [1.807, 2.05) is 0 Å². The molecule has 0 unspecified atom stereocenters. The third kappa shape index (κ3) is 1.32. The summed E-state index contributed by atoms with van der Waals surface area (Å²) in [5, 5.41) is 19.8. The molecule has 0 radical (unpaired) electrons. The summed E-state index contributed by atoms with van der Waals surface area (Å²) in [6, 6.07) is 0. The van der Waals surface area contributed by atoms with Gasteiger partial charge in [-0.2, -0.15) is 0 Å². The van der Waals surface area contributed by atoms with E-state index >= 15 is 0 Å². The van der Waals surface area contributed by atoms with Crippen molar-refractivity contribution in [1.82, 2.24) is 9.59 Å². The summed E-state index contributed by atoms with van der Waals surface area (Å²) in [5.41, 5.74) is -0.512. The number of carboxylic acid groups (broad SMARTS) is 2. The number of rotatable bonds is 2. The van der Waals surface area contributed by atoms with Crippen molar-refractivity contribution in [2.75, 3.05) is 0 Å². The van der Waals surface area contributed by atoms with Gasteiger partial charge in [0.05, 0.1) is 0 Å². The Balaban J connectivity index is 3.16. The SMILES string of the molecule is O=C(O)c1nnsc1C(=O)O. The first kappa shape index (κ1) is 7.61. The average molecular weight is 174 g/mol. The van der Waals surface area contributed by atoms with Crippen molar-refractivity contribution < 1.29 is 19.8 Å². The summed E-state index contributed by atoms with van der Waals surface area (Å²) in [7, 11) is 0. The van der Waals surface area contributed by atoms with Crippen LogP contribution in [0, 0.1) is 0 Å². The average Bonchev–Trinajstić information content (AvgIpc) is 2.32. The van der Waals surface area contributed by atoms with Crippen molar-refractivity contribution in [2.45, 2.75) is 0 Å². The second kappa shape index (κ2) is 2.62. The van der Waals surface area contributed by atoms with Gasteiger partial charge in [0.25, 0.3) is 0 Å². The first-order chi connectivity index (χ1) is 5.13. The molecule has 1 rings (SSSR count). The van der Waals surface area contributed by atoms with Crippen LogP contribution in [0.3, 0.4) is 0 Å². The molecule has 0 aliphatic carbocycles. The van der Waals surface area contributed by atoms with Crippen molar-refractivity contribution in [1.29, 1.82) is 0 Å². The van der Waals surface area contributed by atoms with E-state index in [2.05, 4.69) is 9.59 Å². The Morgan fingerprint density at radius 1 is 1.27 bits per heavy atom. The molecule has 6 nitrogen and oxygen atoms in total. The predicted molar refractivity (Wildman–Crippen MR) is 33.8 cm³/mol. The Hall–Kier alpha value is -1.50. The molecule has 11 heavy (non-hydrogen) atoms. The number of nitrogens with zero attached hydrogens (tertiary/aromatic N) is 2. The fourth-order valence-corrected chi connectivity index (χ4v) is 0.968. The highest BCUT2D eigenvalue weighted by Crippen LogP contribution is 2.09. The first-order valence-corrected chi connectivity index (χ1v) is 3.19. The smallest absolute Gasteiger partial charge is 0.358 e. The molecule has 0 saturated heterocycles. The third-order valence-corrected chi connectivity index (χ3v) is 1.60. The molecule has 0 saturated carbocycles. The zero-order chi connectivity index (χ0) is 8.43. The lowest BCUT2D eigenvalue weighted by Crippen LogP contribution is -2.05. The highest BCUT2D eigenvalue weighted by Gasteiger charge is 2.20. The monoisotopic (exact) mass is 174 g/mol. The van der Waals surface area contributed by atoms with Crippen LogP contribution in [0.1, 0.15) is 20.2 Å². The van der Waals surface area contributed by atoms with Gasteiger partial charge in [-0.05, 0) is 11.5 Å². The molecule has 1 heterocycles. The molecule has 2 N–H and O–H groups in total. The van der Waals surface area contributed by atoms with Gasteiger partial charge in [0.15, 0.2) is 10.6 Å². The zero-order valence-electron chi connectivity index (χ0n) is 5.01. The quantitative estimate of drug-likeness (QED) is 0.651. The van der Waals surface area contributed by atoms with Gasteiger partial charge >= 0.3 is 11.9 Å². The highest BCUT2D eigenvalue weighted by atomic mass is 32.1. The molecule has 0 amide bonds. The molecule has 1 aromatic rings. The van der Waals surface area contributed by atoms with Crippen LogP contribution in [-0.2, 0) is 0 Å². The van der Waals surface area contributed by atoms with Crippen LogP contribution in [-0.4, -0.2) is 31.7 Å². The Morgan fingerprint density at radius 2 is 1.91 bits per heavy atom. The standard InChI is InChI=1S/C4H2N2O4S/c7-3(8)1-2(4(9)10)11-6-5-1/h(H,7,8)(H,9,10). The van der Waals surface area contributed by atoms with Gasteiger partial charge in [-0.3, -0.25) is 0 Å². The Labute approximate surface area is 64.3 Å². The van der Waals surface area contributed by atoms with Gasteiger partial charge in [0, 0.05) is 0 Å². The maximum atomic E-state index is 10.3. The number of carbonyl (C=O) groups is 2. The van der Waals surface area contributed by atoms with Crippen LogP contribution in [0.2, 0.25) is 0 Å². The van der Waals surface area contributed by atoms with Crippen LogP contribution in [0.5, 0.6) is 0 Å². The number of aromatic carboxylic acids is 2. The molecule has 0 spiro atoms. The van der Waals surface area contributed by atoms with Crippen LogP contribution in [0.25, 0.3) is 0 Å². The summed E-state index contributed by atoms with van der Waals surface area (Å²) < 4.78 is 3.19. The van der Waals surface area contributed by atoms with Crippen LogP contribution in [0.15, 0.2) is 0 Å². The van der Waals surface area contributed by atoms with E-state index in [-0.39, 0.29) is 4.88 Å². The maximum Gasteiger partial charge on any atom is 0.358 e. The summed E-state index contributed by atoms with van der Waals surface area (Å²) in [5.74, 6) is -2.70. The maximum absolute atomic E-state index is 10.3. The summed E-state index contributed by atoms with van der Waals surface area (Å²) in [4.78, 5) is 20.1. The van der Waals surface area contributed by atoms with E-state index in [1.54, 1.807) is 0 Å². The van der Waals surface area contributed by atoms with Gasteiger partial charge in [-0.15, -0.1) is 5.10 Å². The second-order valence-corrected chi connectivity index (χ2v) is 2.32. The molecule has 7 heteroatoms. The lowest BCUT2D eigenvalue weighted by atomic mass is 10.4. The van der Waals surface area contributed by atoms with E-state index < -0.39 is 17.6 Å². The fraction of sp³-hybridized carbons (Fsp3) is 0. The number of hydrogen-bond acceptors (Lipinski definition) is 5. The first-order valence-electron chi connectivity index (χ1n) is 2.42.